The Morgan fingerprint density at radius 3 is 2.58 bits per heavy atom. The maximum Gasteiger partial charge on any atom is 0.332 e. The van der Waals surface area contributed by atoms with Crippen molar-refractivity contribution in [2.75, 3.05) is 20.3 Å². The number of nitrogens with zero attached hydrogens (tertiary/aromatic N) is 2. The summed E-state index contributed by atoms with van der Waals surface area (Å²) in [6, 6.07) is 6.12. The molecule has 0 N–H and O–H groups in total. The Hall–Kier alpha value is -2.67. The zero-order valence-corrected chi connectivity index (χ0v) is 22.8. The van der Waals surface area contributed by atoms with Gasteiger partial charge < -0.3 is 14.2 Å². The summed E-state index contributed by atoms with van der Waals surface area (Å²) in [5, 5.41) is 4.57. The van der Waals surface area contributed by atoms with Crippen LogP contribution in [-0.4, -0.2) is 48.0 Å². The topological polar surface area (TPSA) is 79.7 Å². The Labute approximate surface area is 215 Å². The van der Waals surface area contributed by atoms with E-state index in [2.05, 4.69) is 31.9 Å². The first-order valence-corrected chi connectivity index (χ1v) is 13.2. The summed E-state index contributed by atoms with van der Waals surface area (Å²) < 4.78 is 18.0. The summed E-state index contributed by atoms with van der Waals surface area (Å²) >= 11 is 0. The molecule has 36 heavy (non-hydrogen) atoms. The third-order valence-corrected chi connectivity index (χ3v) is 7.38. The van der Waals surface area contributed by atoms with Crippen LogP contribution in [-0.2, 0) is 32.0 Å². The van der Waals surface area contributed by atoms with E-state index < -0.39 is 0 Å². The molecular weight excluding hydrogens is 456 g/mol. The molecule has 0 spiro atoms. The maximum atomic E-state index is 11.4. The van der Waals surface area contributed by atoms with Crippen molar-refractivity contribution < 1.29 is 23.8 Å². The predicted molar refractivity (Wildman–Crippen MR) is 140 cm³/mol. The smallest absolute Gasteiger partial charge is 0.332 e. The van der Waals surface area contributed by atoms with Gasteiger partial charge in [0.2, 0.25) is 0 Å². The molecule has 0 bridgehead atoms. The zero-order valence-electron chi connectivity index (χ0n) is 22.8. The van der Waals surface area contributed by atoms with Crippen molar-refractivity contribution in [2.45, 2.75) is 97.6 Å². The number of esters is 1. The van der Waals surface area contributed by atoms with Crippen molar-refractivity contribution in [1.82, 2.24) is 9.78 Å². The minimum Gasteiger partial charge on any atom is -0.496 e. The van der Waals surface area contributed by atoms with Crippen LogP contribution in [0.1, 0.15) is 92.8 Å². The van der Waals surface area contributed by atoms with Gasteiger partial charge in [0.05, 0.1) is 32.1 Å². The van der Waals surface area contributed by atoms with Gasteiger partial charge in [-0.2, -0.15) is 5.10 Å². The van der Waals surface area contributed by atoms with Crippen LogP contribution in [0.3, 0.4) is 0 Å². The average Bonchev–Trinajstić information content (AvgIpc) is 3.44. The molecule has 3 atom stereocenters. The van der Waals surface area contributed by atoms with E-state index in [9.17, 15) is 9.59 Å². The fraction of sp³-hybridized carbons (Fsp3) is 0.621. The highest BCUT2D eigenvalue weighted by Gasteiger charge is 2.31. The van der Waals surface area contributed by atoms with E-state index in [1.807, 2.05) is 16.8 Å². The van der Waals surface area contributed by atoms with E-state index in [0.29, 0.717) is 25.0 Å². The molecule has 198 valence electrons. The summed E-state index contributed by atoms with van der Waals surface area (Å²) in [4.78, 5) is 22.5. The maximum absolute atomic E-state index is 11.4. The number of hydrogen-bond acceptors (Lipinski definition) is 6. The molecule has 7 nitrogen and oxygen atoms in total. The van der Waals surface area contributed by atoms with Crippen LogP contribution < -0.4 is 4.74 Å². The van der Waals surface area contributed by atoms with Crippen molar-refractivity contribution in [3.63, 3.8) is 0 Å². The van der Waals surface area contributed by atoms with Crippen LogP contribution in [0.2, 0.25) is 0 Å². The highest BCUT2D eigenvalue weighted by molar-refractivity contribution is 5.75. The number of aromatic nitrogens is 2. The third-order valence-electron chi connectivity index (χ3n) is 7.38. The van der Waals surface area contributed by atoms with Crippen LogP contribution in [0.5, 0.6) is 5.75 Å². The summed E-state index contributed by atoms with van der Waals surface area (Å²) in [5.41, 5.74) is 6.22. The van der Waals surface area contributed by atoms with E-state index in [4.69, 9.17) is 14.2 Å². The zero-order chi connectivity index (χ0) is 26.2. The van der Waals surface area contributed by atoms with Gasteiger partial charge in [0.15, 0.2) is 5.78 Å². The van der Waals surface area contributed by atoms with Crippen molar-refractivity contribution >= 4 is 11.8 Å². The number of rotatable bonds is 8. The van der Waals surface area contributed by atoms with Crippen molar-refractivity contribution in [1.29, 1.82) is 0 Å². The molecule has 3 unspecified atom stereocenters. The van der Waals surface area contributed by atoms with E-state index >= 15 is 0 Å². The van der Waals surface area contributed by atoms with Crippen molar-refractivity contribution in [3.05, 3.63) is 46.3 Å². The summed E-state index contributed by atoms with van der Waals surface area (Å²) in [7, 11) is 1.69. The quantitative estimate of drug-likeness (QED) is 0.451. The van der Waals surface area contributed by atoms with Crippen LogP contribution in [0.25, 0.3) is 0 Å². The largest absolute Gasteiger partial charge is 0.496 e. The molecule has 2 aliphatic carbocycles. The molecule has 1 saturated carbocycles. The average molecular weight is 499 g/mol. The molecule has 4 rings (SSSR count). The third kappa shape index (κ3) is 6.75. The predicted octanol–water partition coefficient (Wildman–Crippen LogP) is 5.44. The second-order valence-electron chi connectivity index (χ2n) is 9.97. The fourth-order valence-electron chi connectivity index (χ4n) is 5.51. The Kier molecular flexibility index (Phi) is 10.1. The number of methoxy groups -OCH3 is 1. The molecule has 0 aliphatic heterocycles. The van der Waals surface area contributed by atoms with Gasteiger partial charge in [-0.15, -0.1) is 0 Å². The number of carbonyl (C=O) groups is 2. The molecule has 7 heteroatoms. The normalized spacial score (nSPS) is 20.8. The lowest BCUT2D eigenvalue weighted by atomic mass is 9.88. The number of hydrogen-bond donors (Lipinski definition) is 0. The first-order chi connectivity index (χ1) is 17.3. The number of carbonyl (C=O) groups excluding carboxylic acids is 2. The summed E-state index contributed by atoms with van der Waals surface area (Å²) in [6.07, 6.45) is 6.88. The number of ketones is 1. The number of ether oxygens (including phenoxy) is 3. The second-order valence-corrected chi connectivity index (χ2v) is 9.97. The van der Waals surface area contributed by atoms with Gasteiger partial charge in [-0.1, -0.05) is 25.5 Å². The first-order valence-electron chi connectivity index (χ1n) is 13.2. The molecular formula is C29H42N2O5. The van der Waals surface area contributed by atoms with Crippen LogP contribution >= 0.6 is 0 Å². The Morgan fingerprint density at radius 2 is 1.92 bits per heavy atom. The highest BCUT2D eigenvalue weighted by atomic mass is 16.6. The van der Waals surface area contributed by atoms with Gasteiger partial charge in [-0.05, 0) is 82.6 Å². The molecule has 2 aromatic rings. The molecule has 1 aromatic heterocycles. The highest BCUT2D eigenvalue weighted by Crippen LogP contribution is 2.40. The van der Waals surface area contributed by atoms with E-state index in [1.165, 1.54) is 35.4 Å². The molecule has 1 fully saturated rings. The van der Waals surface area contributed by atoms with E-state index in [-0.39, 0.29) is 24.5 Å². The van der Waals surface area contributed by atoms with Crippen molar-refractivity contribution in [3.8, 4) is 5.75 Å². The number of benzene rings is 1. The molecule has 1 heterocycles. The van der Waals surface area contributed by atoms with Gasteiger partial charge in [-0.3, -0.25) is 9.48 Å². The standard InChI is InChI=1S/C17H24O4.C12H18N2O/c1-4-20-17(18)11-21-16-10-6-8-14(16)13-7-5-9-15(19-3)12(13)2;1-8-5-4-6-11-10(3)14(7-9(2)15)13-12(8)11/h5,7,9,14,16H,4,6,8,10-11H2,1-3H3;8H,4-7H2,1-3H3. The first kappa shape index (κ1) is 27.9. The Bertz CT molecular complexity index is 1040. The van der Waals surface area contributed by atoms with Gasteiger partial charge in [0.25, 0.3) is 0 Å². The van der Waals surface area contributed by atoms with Gasteiger partial charge in [0.1, 0.15) is 12.4 Å². The van der Waals surface area contributed by atoms with Crippen LogP contribution in [0, 0.1) is 13.8 Å². The molecule has 2 aliphatic rings. The van der Waals surface area contributed by atoms with Crippen molar-refractivity contribution in [2.24, 2.45) is 0 Å². The Morgan fingerprint density at radius 1 is 1.14 bits per heavy atom. The lowest BCUT2D eigenvalue weighted by molar-refractivity contribution is -0.150. The van der Waals surface area contributed by atoms with Gasteiger partial charge in [0, 0.05) is 17.5 Å². The Balaban J connectivity index is 0.000000212. The number of Topliss-reactive ketones (excluding diaryl/α,β-unsaturated/α-hetero) is 1. The second kappa shape index (κ2) is 13.0. The number of fused-ring (bicyclic) bond motifs is 1. The van der Waals surface area contributed by atoms with E-state index in [0.717, 1.165) is 37.0 Å². The monoisotopic (exact) mass is 498 g/mol. The molecule has 0 saturated heterocycles. The lowest BCUT2D eigenvalue weighted by Gasteiger charge is -2.22. The van der Waals surface area contributed by atoms with Gasteiger partial charge in [-0.25, -0.2) is 4.79 Å². The minimum absolute atomic E-state index is 0.0397. The summed E-state index contributed by atoms with van der Waals surface area (Å²) in [5.74, 6) is 1.68. The van der Waals surface area contributed by atoms with Gasteiger partial charge >= 0.3 is 5.97 Å². The van der Waals surface area contributed by atoms with E-state index in [1.54, 1.807) is 21.0 Å². The molecule has 1 aromatic carbocycles. The lowest BCUT2D eigenvalue weighted by Crippen LogP contribution is -2.22. The molecule has 0 amide bonds. The fourth-order valence-corrected chi connectivity index (χ4v) is 5.51. The minimum atomic E-state index is -0.287. The van der Waals surface area contributed by atoms with Crippen LogP contribution in [0.4, 0.5) is 0 Å². The summed E-state index contributed by atoms with van der Waals surface area (Å²) in [6.45, 7) is 10.7. The van der Waals surface area contributed by atoms with Crippen LogP contribution in [0.15, 0.2) is 18.2 Å². The SMILES string of the molecule is CC(=O)Cn1nc2c(c1C)CCCC2C.CCOC(=O)COC1CCCC1c1cccc(OC)c1C. The molecule has 0 radical (unpaired) electrons.